The van der Waals surface area contributed by atoms with Crippen LogP contribution in [0.1, 0.15) is 24.8 Å². The first-order chi connectivity index (χ1) is 16.4. The molecule has 1 aliphatic rings. The fourth-order valence-corrected chi connectivity index (χ4v) is 6.08. The van der Waals surface area contributed by atoms with Gasteiger partial charge in [0, 0.05) is 36.2 Å². The van der Waals surface area contributed by atoms with Gasteiger partial charge in [-0.05, 0) is 55.2 Å². The molecule has 1 N–H and O–H groups in total. The number of furan rings is 1. The van der Waals surface area contributed by atoms with E-state index < -0.39 is 16.1 Å². The number of pyridine rings is 1. The molecule has 34 heavy (non-hydrogen) atoms. The molecule has 3 heterocycles. The number of rotatable bonds is 7. The molecule has 1 atom stereocenters. The van der Waals surface area contributed by atoms with Gasteiger partial charge in [-0.25, -0.2) is 8.42 Å². The summed E-state index contributed by atoms with van der Waals surface area (Å²) in [5, 5.41) is 10.7. The topological polar surface area (TPSA) is 101 Å². The van der Waals surface area contributed by atoms with Gasteiger partial charge in [0.2, 0.25) is 5.09 Å². The molecule has 8 heteroatoms. The van der Waals surface area contributed by atoms with Gasteiger partial charge in [-0.2, -0.15) is 4.31 Å². The second-order valence-corrected chi connectivity index (χ2v) is 10.2. The Balaban J connectivity index is 1.31. The number of Topliss-reactive ketones (excluding diaryl/α,β-unsaturated/α-hetero) is 1. The smallest absolute Gasteiger partial charge is 0.277 e. The van der Waals surface area contributed by atoms with Crippen LogP contribution in [0, 0.1) is 0 Å². The Kier molecular flexibility index (Phi) is 5.93. The minimum Gasteiger partial charge on any atom is -0.507 e. The second kappa shape index (κ2) is 9.04. The molecule has 0 radical (unpaired) electrons. The number of aromatic hydroxyl groups is 1. The van der Waals surface area contributed by atoms with E-state index in [1.807, 2.05) is 24.3 Å². The minimum atomic E-state index is -3.92. The Labute approximate surface area is 197 Å². The normalized spacial score (nSPS) is 16.8. The lowest BCUT2D eigenvalue weighted by molar-refractivity contribution is -0.122. The largest absolute Gasteiger partial charge is 0.507 e. The molecule has 0 unspecified atom stereocenters. The number of para-hydroxylation sites is 2. The Morgan fingerprint density at radius 1 is 1.09 bits per heavy atom. The molecule has 5 rings (SSSR count). The zero-order valence-corrected chi connectivity index (χ0v) is 19.2. The maximum atomic E-state index is 13.3. The number of hydrogen-bond acceptors (Lipinski definition) is 6. The maximum absolute atomic E-state index is 13.3. The van der Waals surface area contributed by atoms with Crippen molar-refractivity contribution in [2.75, 3.05) is 6.54 Å². The average Bonchev–Trinajstić information content (AvgIpc) is 3.51. The molecule has 2 aromatic carbocycles. The van der Waals surface area contributed by atoms with Crippen LogP contribution in [-0.2, 0) is 21.2 Å². The number of carbonyl (C=O) groups excluding carboxylic acids is 1. The maximum Gasteiger partial charge on any atom is 0.277 e. The molecule has 7 nitrogen and oxygen atoms in total. The highest BCUT2D eigenvalue weighted by atomic mass is 32.2. The summed E-state index contributed by atoms with van der Waals surface area (Å²) in [5.41, 5.74) is 2.64. The molecule has 0 saturated carbocycles. The third-order valence-corrected chi connectivity index (χ3v) is 7.97. The van der Waals surface area contributed by atoms with Crippen molar-refractivity contribution in [1.82, 2.24) is 9.29 Å². The van der Waals surface area contributed by atoms with E-state index in [0.29, 0.717) is 48.0 Å². The van der Waals surface area contributed by atoms with Crippen LogP contribution < -0.4 is 0 Å². The van der Waals surface area contributed by atoms with Crippen LogP contribution in [0.3, 0.4) is 0 Å². The third kappa shape index (κ3) is 4.22. The summed E-state index contributed by atoms with van der Waals surface area (Å²) in [6, 6.07) is 18.6. The van der Waals surface area contributed by atoms with E-state index in [1.165, 1.54) is 10.4 Å². The van der Waals surface area contributed by atoms with E-state index in [2.05, 4.69) is 4.98 Å². The molecular weight excluding hydrogens is 452 g/mol. The number of aryl methyl sites for hydroxylation is 1. The average molecular weight is 477 g/mol. The lowest BCUT2D eigenvalue weighted by Crippen LogP contribution is -2.40. The van der Waals surface area contributed by atoms with Crippen LogP contribution in [0.5, 0.6) is 5.75 Å². The SMILES string of the molecule is O=C(CCc1ccnc(-c2ccccc2O)c1)[C@@H]1CCCN1S(=O)(=O)c1cc2ccccc2o1. The number of fused-ring (bicyclic) bond motifs is 1. The molecule has 0 amide bonds. The molecule has 1 saturated heterocycles. The van der Waals surface area contributed by atoms with E-state index in [1.54, 1.807) is 42.6 Å². The number of nitrogens with zero attached hydrogens (tertiary/aromatic N) is 2. The number of benzene rings is 2. The van der Waals surface area contributed by atoms with Gasteiger partial charge in [-0.15, -0.1) is 0 Å². The zero-order chi connectivity index (χ0) is 23.7. The van der Waals surface area contributed by atoms with E-state index >= 15 is 0 Å². The predicted octanol–water partition coefficient (Wildman–Crippen LogP) is 4.56. The number of sulfonamides is 1. The quantitative estimate of drug-likeness (QED) is 0.420. The van der Waals surface area contributed by atoms with Crippen molar-refractivity contribution in [3.05, 3.63) is 78.5 Å². The highest BCUT2D eigenvalue weighted by Gasteiger charge is 2.40. The lowest BCUT2D eigenvalue weighted by Gasteiger charge is -2.21. The second-order valence-electron chi connectivity index (χ2n) is 8.41. The van der Waals surface area contributed by atoms with Gasteiger partial charge < -0.3 is 9.52 Å². The monoisotopic (exact) mass is 476 g/mol. The number of hydrogen-bond donors (Lipinski definition) is 1. The van der Waals surface area contributed by atoms with Crippen molar-refractivity contribution in [3.63, 3.8) is 0 Å². The summed E-state index contributed by atoms with van der Waals surface area (Å²) >= 11 is 0. The van der Waals surface area contributed by atoms with Crippen molar-refractivity contribution < 1.29 is 22.7 Å². The first-order valence-electron chi connectivity index (χ1n) is 11.2. The Bertz CT molecular complexity index is 1430. The molecule has 0 aliphatic carbocycles. The van der Waals surface area contributed by atoms with Crippen LogP contribution >= 0.6 is 0 Å². The molecule has 1 fully saturated rings. The Morgan fingerprint density at radius 2 is 1.88 bits per heavy atom. The molecular formula is C26H24N2O5S. The van der Waals surface area contributed by atoms with Crippen molar-refractivity contribution in [2.24, 2.45) is 0 Å². The van der Waals surface area contributed by atoms with Gasteiger partial charge in [-0.3, -0.25) is 9.78 Å². The number of carbonyl (C=O) groups is 1. The molecule has 0 bridgehead atoms. The molecule has 1 aliphatic heterocycles. The van der Waals surface area contributed by atoms with Crippen molar-refractivity contribution in [1.29, 1.82) is 0 Å². The van der Waals surface area contributed by atoms with Crippen LogP contribution in [0.2, 0.25) is 0 Å². The summed E-state index contributed by atoms with van der Waals surface area (Å²) in [7, 11) is -3.92. The summed E-state index contributed by atoms with van der Waals surface area (Å²) < 4.78 is 33.4. The van der Waals surface area contributed by atoms with Crippen LogP contribution in [0.25, 0.3) is 22.2 Å². The van der Waals surface area contributed by atoms with Crippen molar-refractivity contribution in [3.8, 4) is 17.0 Å². The summed E-state index contributed by atoms with van der Waals surface area (Å²) in [6.07, 6.45) is 3.44. The van der Waals surface area contributed by atoms with E-state index in [9.17, 15) is 18.3 Å². The van der Waals surface area contributed by atoms with Gasteiger partial charge in [0.15, 0.2) is 5.78 Å². The lowest BCUT2D eigenvalue weighted by atomic mass is 10.0. The zero-order valence-electron chi connectivity index (χ0n) is 18.4. The summed E-state index contributed by atoms with van der Waals surface area (Å²) in [6.45, 7) is 0.294. The van der Waals surface area contributed by atoms with E-state index in [4.69, 9.17) is 4.42 Å². The summed E-state index contributed by atoms with van der Waals surface area (Å²) in [4.78, 5) is 17.4. The molecule has 174 valence electrons. The number of phenols is 1. The van der Waals surface area contributed by atoms with Gasteiger partial charge in [0.05, 0.1) is 11.7 Å². The molecule has 0 spiro atoms. The Hall–Kier alpha value is -3.49. The highest BCUT2D eigenvalue weighted by molar-refractivity contribution is 7.89. The number of aromatic nitrogens is 1. The van der Waals surface area contributed by atoms with Crippen LogP contribution in [-0.4, -0.2) is 41.2 Å². The Morgan fingerprint density at radius 3 is 2.71 bits per heavy atom. The van der Waals surface area contributed by atoms with Crippen molar-refractivity contribution in [2.45, 2.75) is 36.8 Å². The van der Waals surface area contributed by atoms with Gasteiger partial charge in [0.25, 0.3) is 10.0 Å². The standard InChI is InChI=1S/C26H24N2O5S/c29-23-9-3-2-7-20(23)21-16-18(13-14-27-21)11-12-24(30)22-8-5-15-28(22)34(31,32)26-17-19-6-1-4-10-25(19)33-26/h1-4,6-7,9-10,13-14,16-17,22,29H,5,8,11-12,15H2/t22-/m0/s1. The van der Waals surface area contributed by atoms with Gasteiger partial charge >= 0.3 is 0 Å². The fourth-order valence-electron chi connectivity index (χ4n) is 4.45. The predicted molar refractivity (Wildman–Crippen MR) is 128 cm³/mol. The van der Waals surface area contributed by atoms with E-state index in [-0.39, 0.29) is 23.0 Å². The first kappa shape index (κ1) is 22.3. The fraction of sp³-hybridized carbons (Fsp3) is 0.231. The van der Waals surface area contributed by atoms with Crippen LogP contribution in [0.4, 0.5) is 0 Å². The molecule has 4 aromatic rings. The first-order valence-corrected chi connectivity index (χ1v) is 12.6. The minimum absolute atomic E-state index is 0.113. The van der Waals surface area contributed by atoms with Gasteiger partial charge in [-0.1, -0.05) is 30.3 Å². The third-order valence-electron chi connectivity index (χ3n) is 6.21. The highest BCUT2D eigenvalue weighted by Crippen LogP contribution is 2.31. The summed E-state index contributed by atoms with van der Waals surface area (Å²) in [5.74, 6) is 0.0266. The molecule has 2 aromatic heterocycles. The van der Waals surface area contributed by atoms with Crippen molar-refractivity contribution >= 4 is 26.8 Å². The van der Waals surface area contributed by atoms with Crippen LogP contribution in [0.15, 0.2) is 82.4 Å². The van der Waals surface area contributed by atoms with E-state index in [0.717, 1.165) is 5.56 Å². The number of ketones is 1. The number of phenolic OH excluding ortho intramolecular Hbond substituents is 1. The van der Waals surface area contributed by atoms with Gasteiger partial charge in [0.1, 0.15) is 11.3 Å².